The van der Waals surface area contributed by atoms with Gasteiger partial charge in [-0.25, -0.2) is 0 Å². The molecule has 0 spiro atoms. The predicted octanol–water partition coefficient (Wildman–Crippen LogP) is 3.20. The standard InChI is InChI=1S/C9H4F3N3S/c10-9(11,12)6-4-2-1-3-5(6)7-13-8(16)15-14-7/h1-4H. The molecule has 0 atom stereocenters. The van der Waals surface area contributed by atoms with E-state index in [1.807, 2.05) is 0 Å². The second-order valence-electron chi connectivity index (χ2n) is 2.96. The van der Waals surface area contributed by atoms with Gasteiger partial charge in [-0.1, -0.05) is 18.2 Å². The molecule has 1 aromatic rings. The van der Waals surface area contributed by atoms with Crippen molar-refractivity contribution in [2.45, 2.75) is 6.18 Å². The highest BCUT2D eigenvalue weighted by atomic mass is 32.1. The van der Waals surface area contributed by atoms with Gasteiger partial charge in [-0.3, -0.25) is 0 Å². The van der Waals surface area contributed by atoms with E-state index < -0.39 is 11.7 Å². The van der Waals surface area contributed by atoms with E-state index in [4.69, 9.17) is 0 Å². The molecule has 0 amide bonds. The second kappa shape index (κ2) is 3.75. The number of alkyl halides is 3. The van der Waals surface area contributed by atoms with Crippen LogP contribution in [0.5, 0.6) is 0 Å². The van der Waals surface area contributed by atoms with E-state index in [-0.39, 0.29) is 16.5 Å². The Hall–Kier alpha value is -1.63. The quantitative estimate of drug-likeness (QED) is 0.698. The molecule has 16 heavy (non-hydrogen) atoms. The summed E-state index contributed by atoms with van der Waals surface area (Å²) < 4.78 is 37.9. The zero-order valence-electron chi connectivity index (χ0n) is 7.69. The van der Waals surface area contributed by atoms with Gasteiger partial charge in [0.2, 0.25) is 5.11 Å². The zero-order chi connectivity index (χ0) is 11.8. The molecular formula is C9H4F3N3S. The van der Waals surface area contributed by atoms with Crippen molar-refractivity contribution in [3.05, 3.63) is 35.4 Å². The summed E-state index contributed by atoms with van der Waals surface area (Å²) in [4.78, 5) is 3.65. The summed E-state index contributed by atoms with van der Waals surface area (Å²) in [5, 5.41) is 6.83. The van der Waals surface area contributed by atoms with E-state index in [1.54, 1.807) is 0 Å². The lowest BCUT2D eigenvalue weighted by Gasteiger charge is -2.10. The molecule has 82 valence electrons. The minimum absolute atomic E-state index is 0.0630. The lowest BCUT2D eigenvalue weighted by Crippen LogP contribution is -2.11. The zero-order valence-corrected chi connectivity index (χ0v) is 8.51. The van der Waals surface area contributed by atoms with E-state index >= 15 is 0 Å². The fourth-order valence-electron chi connectivity index (χ4n) is 1.26. The summed E-state index contributed by atoms with van der Waals surface area (Å²) in [6.45, 7) is 0. The van der Waals surface area contributed by atoms with Crippen molar-refractivity contribution in [1.29, 1.82) is 0 Å². The predicted molar refractivity (Wildman–Crippen MR) is 55.4 cm³/mol. The molecule has 2 rings (SSSR count). The van der Waals surface area contributed by atoms with Crippen LogP contribution < -0.4 is 0 Å². The molecular weight excluding hydrogens is 239 g/mol. The summed E-state index contributed by atoms with van der Waals surface area (Å²) in [6, 6.07) is 5.03. The second-order valence-corrected chi connectivity index (χ2v) is 3.33. The average Bonchev–Trinajstić information content (AvgIpc) is 2.64. The van der Waals surface area contributed by atoms with Crippen LogP contribution in [-0.4, -0.2) is 10.9 Å². The molecule has 1 aliphatic heterocycles. The molecule has 3 nitrogen and oxygen atoms in total. The van der Waals surface area contributed by atoms with Gasteiger partial charge in [-0.05, 0) is 18.3 Å². The van der Waals surface area contributed by atoms with E-state index in [1.165, 1.54) is 18.2 Å². The molecule has 0 saturated carbocycles. The van der Waals surface area contributed by atoms with Crippen molar-refractivity contribution in [1.82, 2.24) is 0 Å². The van der Waals surface area contributed by atoms with Gasteiger partial charge in [0.25, 0.3) is 0 Å². The monoisotopic (exact) mass is 243 g/mol. The summed E-state index contributed by atoms with van der Waals surface area (Å²) in [6.07, 6.45) is -4.45. The number of azo groups is 1. The maximum atomic E-state index is 12.6. The average molecular weight is 243 g/mol. The Kier molecular flexibility index (Phi) is 2.55. The Morgan fingerprint density at radius 3 is 2.31 bits per heavy atom. The van der Waals surface area contributed by atoms with Crippen molar-refractivity contribution in [3.63, 3.8) is 0 Å². The lowest BCUT2D eigenvalue weighted by atomic mass is 10.1. The van der Waals surface area contributed by atoms with Crippen molar-refractivity contribution in [2.75, 3.05) is 0 Å². The summed E-state index contributed by atoms with van der Waals surface area (Å²) >= 11 is 4.60. The SMILES string of the molecule is FC(F)(F)c1ccccc1C1=NC(=S)N=N1. The lowest BCUT2D eigenvalue weighted by molar-refractivity contribution is -0.137. The normalized spacial score (nSPS) is 15.4. The highest BCUT2D eigenvalue weighted by molar-refractivity contribution is 7.80. The molecule has 0 bridgehead atoms. The molecule has 0 radical (unpaired) electrons. The van der Waals surface area contributed by atoms with E-state index in [0.717, 1.165) is 6.07 Å². The summed E-state index contributed by atoms with van der Waals surface area (Å²) in [7, 11) is 0. The maximum absolute atomic E-state index is 12.6. The third-order valence-corrected chi connectivity index (χ3v) is 2.08. The van der Waals surface area contributed by atoms with Gasteiger partial charge in [-0.15, -0.1) is 10.2 Å². The van der Waals surface area contributed by atoms with Gasteiger partial charge in [0.1, 0.15) is 0 Å². The molecule has 0 aromatic heterocycles. The summed E-state index contributed by atoms with van der Waals surface area (Å²) in [5.41, 5.74) is -0.906. The molecule has 0 N–H and O–H groups in total. The number of hydrogen-bond donors (Lipinski definition) is 0. The van der Waals surface area contributed by atoms with Crippen LogP contribution in [0.2, 0.25) is 0 Å². The first kappa shape index (κ1) is 10.9. The van der Waals surface area contributed by atoms with Gasteiger partial charge in [0.15, 0.2) is 5.84 Å². The third-order valence-electron chi connectivity index (χ3n) is 1.91. The number of halogens is 3. The Labute approximate surface area is 93.7 Å². The number of rotatable bonds is 1. The first-order valence-corrected chi connectivity index (χ1v) is 4.60. The summed E-state index contributed by atoms with van der Waals surface area (Å²) in [5.74, 6) is -0.0991. The highest BCUT2D eigenvalue weighted by Crippen LogP contribution is 2.32. The van der Waals surface area contributed by atoms with Crippen molar-refractivity contribution in [2.24, 2.45) is 15.2 Å². The van der Waals surface area contributed by atoms with Crippen molar-refractivity contribution < 1.29 is 13.2 Å². The van der Waals surface area contributed by atoms with Crippen LogP contribution in [0, 0.1) is 0 Å². The minimum atomic E-state index is -4.45. The molecule has 1 aliphatic rings. The van der Waals surface area contributed by atoms with Crippen LogP contribution in [0.4, 0.5) is 13.2 Å². The number of hydrogen-bond acceptors (Lipinski definition) is 2. The molecule has 7 heteroatoms. The molecule has 1 aromatic carbocycles. The smallest absolute Gasteiger partial charge is 0.195 e. The highest BCUT2D eigenvalue weighted by Gasteiger charge is 2.34. The van der Waals surface area contributed by atoms with Gasteiger partial charge in [0, 0.05) is 5.56 Å². The van der Waals surface area contributed by atoms with Gasteiger partial charge < -0.3 is 0 Å². The molecule has 1 heterocycles. The molecule has 0 unspecified atom stereocenters. The van der Waals surface area contributed by atoms with Crippen LogP contribution in [0.3, 0.4) is 0 Å². The molecule has 0 aliphatic carbocycles. The Morgan fingerprint density at radius 1 is 1.06 bits per heavy atom. The Balaban J connectivity index is 2.54. The largest absolute Gasteiger partial charge is 0.417 e. The topological polar surface area (TPSA) is 37.1 Å². The minimum Gasteiger partial charge on any atom is -0.195 e. The van der Waals surface area contributed by atoms with Crippen LogP contribution in [0.25, 0.3) is 0 Å². The van der Waals surface area contributed by atoms with E-state index in [9.17, 15) is 13.2 Å². The third kappa shape index (κ3) is 1.99. The number of amidine groups is 1. The van der Waals surface area contributed by atoms with Gasteiger partial charge in [-0.2, -0.15) is 18.2 Å². The number of aliphatic imine (C=N–C) groups is 1. The first-order valence-electron chi connectivity index (χ1n) is 4.19. The Morgan fingerprint density at radius 2 is 1.75 bits per heavy atom. The molecule has 0 saturated heterocycles. The maximum Gasteiger partial charge on any atom is 0.417 e. The van der Waals surface area contributed by atoms with E-state index in [2.05, 4.69) is 27.4 Å². The van der Waals surface area contributed by atoms with E-state index in [0.29, 0.717) is 0 Å². The van der Waals surface area contributed by atoms with Crippen LogP contribution in [0.1, 0.15) is 11.1 Å². The van der Waals surface area contributed by atoms with Gasteiger partial charge >= 0.3 is 6.18 Å². The Bertz CT molecular complexity index is 505. The fourth-order valence-corrected chi connectivity index (χ4v) is 1.39. The fraction of sp³-hybridized carbons (Fsp3) is 0.111. The molecule has 0 fully saturated rings. The van der Waals surface area contributed by atoms with Crippen LogP contribution >= 0.6 is 12.2 Å². The first-order chi connectivity index (χ1) is 7.48. The number of thiocarbonyl (C=S) groups is 1. The van der Waals surface area contributed by atoms with Crippen molar-refractivity contribution >= 4 is 23.2 Å². The van der Waals surface area contributed by atoms with Crippen LogP contribution in [0.15, 0.2) is 39.5 Å². The van der Waals surface area contributed by atoms with Crippen molar-refractivity contribution in [3.8, 4) is 0 Å². The van der Waals surface area contributed by atoms with Gasteiger partial charge in [0.05, 0.1) is 5.56 Å². The number of benzene rings is 1. The number of nitrogens with zero attached hydrogens (tertiary/aromatic N) is 3. The van der Waals surface area contributed by atoms with Crippen LogP contribution in [-0.2, 0) is 6.18 Å².